The first-order valence-corrected chi connectivity index (χ1v) is 23.4. The number of nitrogens with zero attached hydrogens (tertiary/aromatic N) is 6. The Hall–Kier alpha value is -5.58. The number of anilines is 1. The number of rotatable bonds is 10. The average Bonchev–Trinajstić information content (AvgIpc) is 3.86. The van der Waals surface area contributed by atoms with E-state index in [9.17, 15) is 29.1 Å². The first kappa shape index (κ1) is 48.4. The Morgan fingerprint density at radius 2 is 1.92 bits per heavy atom. The second-order valence-corrected chi connectivity index (χ2v) is 19.5. The van der Waals surface area contributed by atoms with E-state index in [2.05, 4.69) is 77.9 Å². The molecule has 2 saturated heterocycles. The minimum Gasteiger partial charge on any atom is -0.464 e. The van der Waals surface area contributed by atoms with E-state index in [-0.39, 0.29) is 38.6 Å². The van der Waals surface area contributed by atoms with Gasteiger partial charge in [0, 0.05) is 87.1 Å². The first-order valence-electron chi connectivity index (χ1n) is 23.4. The van der Waals surface area contributed by atoms with Crippen LogP contribution in [0, 0.1) is 11.3 Å². The van der Waals surface area contributed by atoms with Crippen LogP contribution in [-0.2, 0) is 46.4 Å². The lowest BCUT2D eigenvalue weighted by atomic mass is 9.84. The number of amides is 4. The summed E-state index contributed by atoms with van der Waals surface area (Å²) in [4.78, 5) is 79.2. The minimum absolute atomic E-state index is 0.00856. The monoisotopic (exact) mass is 909 g/mol. The standard InChI is InChI=1S/C50H68N8O8/c1-10-41(59)56-24-20-50(64,29-56)48(63)54(8)43(31(3)4)45(60)52-39-25-33-15-13-22-55(28-33)34-18-19-40-36(26-34)37(44(57(40)11-2)35-16-12-21-51-42(35)32(5)65-9)27-49(6,7)30-66-47(62)38-17-14-23-58(53-38)46(39)61/h10,12,15-16,18-19,21,26,31-32,38-39,43,53,64H,1,11,13-14,17,20,22-25,27-30H2,2-9H3,(H,52,60)/t32-,38-,39-,43-,50?/m0/s1. The summed E-state index contributed by atoms with van der Waals surface area (Å²) in [5.74, 6) is -2.94. The van der Waals surface area contributed by atoms with Gasteiger partial charge in [0.1, 0.15) is 18.1 Å². The van der Waals surface area contributed by atoms with Gasteiger partial charge in [-0.1, -0.05) is 45.9 Å². The van der Waals surface area contributed by atoms with E-state index in [1.165, 1.54) is 21.9 Å². The van der Waals surface area contributed by atoms with Crippen LogP contribution in [0.5, 0.6) is 0 Å². The maximum absolute atomic E-state index is 14.7. The van der Waals surface area contributed by atoms with Crippen molar-refractivity contribution in [2.75, 3.05) is 58.4 Å². The van der Waals surface area contributed by atoms with Crippen molar-refractivity contribution >= 4 is 46.2 Å². The van der Waals surface area contributed by atoms with Gasteiger partial charge in [0.25, 0.3) is 11.8 Å². The molecule has 0 radical (unpaired) electrons. The molecule has 3 N–H and O–H groups in total. The molecular weight excluding hydrogens is 841 g/mol. The second-order valence-electron chi connectivity index (χ2n) is 19.5. The lowest BCUT2D eigenvalue weighted by Gasteiger charge is -2.38. The Morgan fingerprint density at radius 3 is 2.64 bits per heavy atom. The fourth-order valence-corrected chi connectivity index (χ4v) is 10.2. The zero-order valence-corrected chi connectivity index (χ0v) is 39.9. The SMILES string of the molecule is C=CC(=O)N1CCC(O)(C(=O)N(C)[C@H](C(=O)N[C@H]2CC3=CCCN(C3)c3ccc4c(c3)c(c(-c3cccnc3[C@H](C)OC)n4CC)CC(C)(C)COC(=O)[C@@H]3CCCN(N3)C2=O)C(C)C)C1. The van der Waals surface area contributed by atoms with Crippen LogP contribution in [0.2, 0.25) is 0 Å². The molecule has 4 aliphatic rings. The predicted molar refractivity (Wildman–Crippen MR) is 252 cm³/mol. The lowest BCUT2D eigenvalue weighted by molar-refractivity contribution is -0.156. The van der Waals surface area contributed by atoms with Gasteiger partial charge in [0.05, 0.1) is 30.6 Å². The largest absolute Gasteiger partial charge is 0.464 e. The highest BCUT2D eigenvalue weighted by molar-refractivity contribution is 5.96. The third-order valence-corrected chi connectivity index (χ3v) is 13.7. The molecule has 6 bridgehead atoms. The van der Waals surface area contributed by atoms with E-state index in [1.807, 2.05) is 13.0 Å². The number of hydrazine groups is 1. The van der Waals surface area contributed by atoms with Gasteiger partial charge in [-0.15, -0.1) is 0 Å². The smallest absolute Gasteiger partial charge is 0.324 e. The number of cyclic esters (lactones) is 1. The number of aliphatic hydroxyl groups is 1. The number of hydrogen-bond acceptors (Lipinski definition) is 11. The van der Waals surface area contributed by atoms with Gasteiger partial charge in [0.15, 0.2) is 5.60 Å². The average molecular weight is 909 g/mol. The van der Waals surface area contributed by atoms with Crippen molar-refractivity contribution in [3.63, 3.8) is 0 Å². The van der Waals surface area contributed by atoms with Crippen LogP contribution in [0.4, 0.5) is 5.69 Å². The van der Waals surface area contributed by atoms with Crippen molar-refractivity contribution < 1.29 is 38.6 Å². The van der Waals surface area contributed by atoms with Crippen LogP contribution in [0.25, 0.3) is 22.2 Å². The van der Waals surface area contributed by atoms with Gasteiger partial charge in [-0.05, 0) is 93.8 Å². The summed E-state index contributed by atoms with van der Waals surface area (Å²) in [6.07, 6.45) is 7.29. The highest BCUT2D eigenvalue weighted by Crippen LogP contribution is 2.42. The number of hydrogen-bond donors (Lipinski definition) is 3. The van der Waals surface area contributed by atoms with Crippen LogP contribution in [0.1, 0.15) is 91.0 Å². The number of benzene rings is 1. The molecule has 3 aromatic rings. The molecule has 0 saturated carbocycles. The zero-order valence-electron chi connectivity index (χ0n) is 39.9. The summed E-state index contributed by atoms with van der Waals surface area (Å²) in [7, 11) is 3.15. The number of aryl methyl sites for hydroxylation is 1. The number of esters is 1. The fraction of sp³-hybridized carbons (Fsp3) is 0.560. The van der Waals surface area contributed by atoms with Crippen LogP contribution in [0.15, 0.2) is 60.8 Å². The molecule has 5 atom stereocenters. The molecule has 0 aliphatic carbocycles. The maximum Gasteiger partial charge on any atom is 0.324 e. The number of nitrogens with one attached hydrogen (secondary N) is 2. The Kier molecular flexibility index (Phi) is 14.4. The van der Waals surface area contributed by atoms with Gasteiger partial charge in [-0.25, -0.2) is 5.43 Å². The van der Waals surface area contributed by atoms with Crippen LogP contribution in [0.3, 0.4) is 0 Å². The normalized spacial score (nSPS) is 23.5. The quantitative estimate of drug-likeness (QED) is 0.146. The molecule has 16 heteroatoms. The summed E-state index contributed by atoms with van der Waals surface area (Å²) >= 11 is 0. The number of likely N-dealkylation sites (tertiary alicyclic amines) is 1. The molecule has 4 aliphatic heterocycles. The molecule has 7 rings (SSSR count). The summed E-state index contributed by atoms with van der Waals surface area (Å²) < 4.78 is 14.3. The van der Waals surface area contributed by atoms with Gasteiger partial charge in [-0.3, -0.25) is 34.0 Å². The molecule has 2 aromatic heterocycles. The molecule has 1 unspecified atom stereocenters. The number of carbonyl (C=O) groups is 5. The highest BCUT2D eigenvalue weighted by atomic mass is 16.5. The molecule has 66 heavy (non-hydrogen) atoms. The molecule has 6 heterocycles. The highest BCUT2D eigenvalue weighted by Gasteiger charge is 2.48. The zero-order chi connectivity index (χ0) is 47.7. The second kappa shape index (κ2) is 19.7. The Labute approximate surface area is 388 Å². The molecule has 0 spiro atoms. The topological polar surface area (TPSA) is 179 Å². The van der Waals surface area contributed by atoms with Crippen molar-refractivity contribution in [3.8, 4) is 11.3 Å². The van der Waals surface area contributed by atoms with E-state index < -0.39 is 64.7 Å². The fourth-order valence-electron chi connectivity index (χ4n) is 10.2. The number of β-amino-alcohol motifs (C(OH)–C–C–N with tert-alkyl or cyclic N) is 1. The van der Waals surface area contributed by atoms with Crippen molar-refractivity contribution in [2.45, 2.75) is 116 Å². The molecule has 1 aromatic carbocycles. The minimum atomic E-state index is -1.89. The third kappa shape index (κ3) is 9.77. The lowest BCUT2D eigenvalue weighted by Crippen LogP contribution is -2.62. The van der Waals surface area contributed by atoms with Crippen LogP contribution < -0.4 is 15.6 Å². The number of aromatic nitrogens is 2. The summed E-state index contributed by atoms with van der Waals surface area (Å²) in [6.45, 7) is 17.8. The van der Waals surface area contributed by atoms with E-state index in [4.69, 9.17) is 14.5 Å². The number of fused-ring (bicyclic) bond motifs is 6. The Morgan fingerprint density at radius 1 is 1.15 bits per heavy atom. The van der Waals surface area contributed by atoms with Crippen LogP contribution in [-0.4, -0.2) is 136 Å². The first-order chi connectivity index (χ1) is 31.4. The van der Waals surface area contributed by atoms with E-state index >= 15 is 0 Å². The third-order valence-electron chi connectivity index (χ3n) is 13.7. The predicted octanol–water partition coefficient (Wildman–Crippen LogP) is 4.70. The van der Waals surface area contributed by atoms with Crippen LogP contribution >= 0.6 is 0 Å². The molecular formula is C50H68N8O8. The number of ether oxygens (including phenoxy) is 2. The summed E-state index contributed by atoms with van der Waals surface area (Å²) in [5.41, 5.74) is 7.80. The number of likely N-dealkylation sites (N-methyl/N-ethyl adjacent to an activating group) is 1. The van der Waals surface area contributed by atoms with Crippen molar-refractivity contribution in [3.05, 3.63) is 72.1 Å². The Balaban J connectivity index is 1.25. The van der Waals surface area contributed by atoms with E-state index in [1.54, 1.807) is 27.2 Å². The summed E-state index contributed by atoms with van der Waals surface area (Å²) in [5, 5.41) is 17.0. The molecule has 356 valence electrons. The van der Waals surface area contributed by atoms with Gasteiger partial charge >= 0.3 is 5.97 Å². The van der Waals surface area contributed by atoms with E-state index in [0.29, 0.717) is 45.3 Å². The number of carbonyl (C=O) groups excluding carboxylic acids is 5. The summed E-state index contributed by atoms with van der Waals surface area (Å²) in [6, 6.07) is 7.70. The van der Waals surface area contributed by atoms with Gasteiger partial charge in [-0.2, -0.15) is 0 Å². The Bertz CT molecular complexity index is 2390. The van der Waals surface area contributed by atoms with Gasteiger partial charge < -0.3 is 39.2 Å². The molecule has 2 fully saturated rings. The van der Waals surface area contributed by atoms with Crippen molar-refractivity contribution in [1.82, 2.24) is 35.1 Å². The van der Waals surface area contributed by atoms with E-state index in [0.717, 1.165) is 57.3 Å². The van der Waals surface area contributed by atoms with Crippen molar-refractivity contribution in [1.29, 1.82) is 0 Å². The van der Waals surface area contributed by atoms with Crippen molar-refractivity contribution in [2.24, 2.45) is 11.3 Å². The number of pyridine rings is 1. The molecule has 16 nitrogen and oxygen atoms in total. The molecule has 4 amide bonds. The van der Waals surface area contributed by atoms with Gasteiger partial charge in [0.2, 0.25) is 11.8 Å². The maximum atomic E-state index is 14.7. The number of methoxy groups -OCH3 is 1.